The van der Waals surface area contributed by atoms with E-state index in [-0.39, 0.29) is 0 Å². The molecule has 0 nitrogen and oxygen atoms in total. The van der Waals surface area contributed by atoms with Crippen LogP contribution in [0.3, 0.4) is 0 Å². The van der Waals surface area contributed by atoms with Crippen LogP contribution in [0.1, 0.15) is 31.7 Å². The van der Waals surface area contributed by atoms with Crippen molar-refractivity contribution in [1.82, 2.24) is 0 Å². The van der Waals surface area contributed by atoms with E-state index in [1.165, 1.54) is 24.8 Å². The maximum Gasteiger partial charge on any atom is -0.0257 e. The van der Waals surface area contributed by atoms with Gasteiger partial charge in [-0.1, -0.05) is 48.9 Å². The highest BCUT2D eigenvalue weighted by Gasteiger charge is 2.13. The van der Waals surface area contributed by atoms with Gasteiger partial charge in [-0.25, -0.2) is 0 Å². The van der Waals surface area contributed by atoms with E-state index in [1.807, 2.05) is 0 Å². The molecule has 2 rings (SSSR count). The minimum absolute atomic E-state index is 0.898. The summed E-state index contributed by atoms with van der Waals surface area (Å²) in [6, 6.07) is 10.6. The molecule has 13 heavy (non-hydrogen) atoms. The van der Waals surface area contributed by atoms with E-state index in [0.29, 0.717) is 0 Å². The largest absolute Gasteiger partial charge is 0.0693 e. The third-order valence-corrected chi connectivity index (χ3v) is 2.74. The van der Waals surface area contributed by atoms with Crippen molar-refractivity contribution in [3.8, 4) is 0 Å². The van der Waals surface area contributed by atoms with Gasteiger partial charge in [-0.15, -0.1) is 0 Å². The van der Waals surface area contributed by atoms with E-state index >= 15 is 0 Å². The van der Waals surface area contributed by atoms with Gasteiger partial charge in [-0.3, -0.25) is 0 Å². The van der Waals surface area contributed by atoms with Gasteiger partial charge in [0.1, 0.15) is 0 Å². The van der Waals surface area contributed by atoms with Crippen LogP contribution in [0.2, 0.25) is 0 Å². The van der Waals surface area contributed by atoms with Crippen LogP contribution in [0.4, 0.5) is 0 Å². The monoisotopic (exact) mass is 172 g/mol. The second-order valence-electron chi connectivity index (χ2n) is 4.06. The molecule has 0 heterocycles. The minimum atomic E-state index is 0.898. The van der Waals surface area contributed by atoms with Crippen molar-refractivity contribution in [2.45, 2.75) is 26.2 Å². The molecule has 0 aliphatic heterocycles. The van der Waals surface area contributed by atoms with Crippen molar-refractivity contribution in [2.24, 2.45) is 5.92 Å². The summed E-state index contributed by atoms with van der Waals surface area (Å²) in [5.41, 5.74) is 2.98. The van der Waals surface area contributed by atoms with Gasteiger partial charge in [0.05, 0.1) is 0 Å². The second-order valence-corrected chi connectivity index (χ2v) is 4.06. The van der Waals surface area contributed by atoms with E-state index < -0.39 is 0 Å². The maximum absolute atomic E-state index is 2.35. The average molecular weight is 172 g/mol. The quantitative estimate of drug-likeness (QED) is 0.603. The Morgan fingerprint density at radius 3 is 2.62 bits per heavy atom. The van der Waals surface area contributed by atoms with E-state index in [2.05, 4.69) is 43.3 Å². The molecule has 1 aliphatic carbocycles. The summed E-state index contributed by atoms with van der Waals surface area (Å²) in [7, 11) is 0. The standard InChI is InChI=1S/C13H16/c1-11-7-8-13(9-11)10-12-5-3-2-4-6-12/h2-6,10-11H,7-9H2,1H3. The molecule has 0 spiro atoms. The maximum atomic E-state index is 2.35. The molecule has 0 saturated heterocycles. The predicted molar refractivity (Wildman–Crippen MR) is 57.4 cm³/mol. The molecule has 1 atom stereocenters. The van der Waals surface area contributed by atoms with Crippen molar-refractivity contribution in [2.75, 3.05) is 0 Å². The fourth-order valence-electron chi connectivity index (χ4n) is 2.00. The highest BCUT2D eigenvalue weighted by atomic mass is 14.2. The summed E-state index contributed by atoms with van der Waals surface area (Å²) >= 11 is 0. The summed E-state index contributed by atoms with van der Waals surface area (Å²) < 4.78 is 0. The first kappa shape index (κ1) is 8.55. The molecular weight excluding hydrogens is 156 g/mol. The summed E-state index contributed by atoms with van der Waals surface area (Å²) in [4.78, 5) is 0. The highest BCUT2D eigenvalue weighted by Crippen LogP contribution is 2.30. The molecule has 1 saturated carbocycles. The van der Waals surface area contributed by atoms with Crippen LogP contribution in [0.25, 0.3) is 6.08 Å². The summed E-state index contributed by atoms with van der Waals surface area (Å²) in [5.74, 6) is 0.898. The zero-order chi connectivity index (χ0) is 9.10. The number of hydrogen-bond donors (Lipinski definition) is 0. The van der Waals surface area contributed by atoms with Gasteiger partial charge >= 0.3 is 0 Å². The fourth-order valence-corrected chi connectivity index (χ4v) is 2.00. The van der Waals surface area contributed by atoms with E-state index in [0.717, 1.165) is 5.92 Å². The third-order valence-electron chi connectivity index (χ3n) is 2.74. The summed E-state index contributed by atoms with van der Waals surface area (Å²) in [6.07, 6.45) is 6.33. The van der Waals surface area contributed by atoms with E-state index in [4.69, 9.17) is 0 Å². The fraction of sp³-hybridized carbons (Fsp3) is 0.385. The molecule has 68 valence electrons. The van der Waals surface area contributed by atoms with Crippen LogP contribution < -0.4 is 0 Å². The second kappa shape index (κ2) is 3.78. The Labute approximate surface area is 80.3 Å². The van der Waals surface area contributed by atoms with E-state index in [9.17, 15) is 0 Å². The van der Waals surface area contributed by atoms with Gasteiger partial charge < -0.3 is 0 Å². The normalized spacial score (nSPS) is 25.3. The van der Waals surface area contributed by atoms with Gasteiger partial charge in [-0.05, 0) is 30.7 Å². The van der Waals surface area contributed by atoms with Crippen molar-refractivity contribution < 1.29 is 0 Å². The molecule has 0 heteroatoms. The lowest BCUT2D eigenvalue weighted by Gasteiger charge is -1.97. The van der Waals surface area contributed by atoms with Crippen molar-refractivity contribution >= 4 is 6.08 Å². The first-order valence-corrected chi connectivity index (χ1v) is 5.09. The highest BCUT2D eigenvalue weighted by molar-refractivity contribution is 5.53. The van der Waals surface area contributed by atoms with Gasteiger partial charge in [0.15, 0.2) is 0 Å². The zero-order valence-electron chi connectivity index (χ0n) is 8.16. The van der Waals surface area contributed by atoms with Gasteiger partial charge in [0.2, 0.25) is 0 Å². The predicted octanol–water partition coefficient (Wildman–Crippen LogP) is 3.89. The Bertz CT molecular complexity index is 295. The van der Waals surface area contributed by atoms with Crippen LogP contribution >= 0.6 is 0 Å². The lowest BCUT2D eigenvalue weighted by atomic mass is 10.1. The lowest BCUT2D eigenvalue weighted by molar-refractivity contribution is 0.620. The molecule has 0 N–H and O–H groups in total. The first-order chi connectivity index (χ1) is 6.34. The molecule has 0 radical (unpaired) electrons. The van der Waals surface area contributed by atoms with Crippen LogP contribution in [0, 0.1) is 5.92 Å². The molecule has 0 bridgehead atoms. The molecule has 1 unspecified atom stereocenters. The van der Waals surface area contributed by atoms with Crippen LogP contribution in [-0.2, 0) is 0 Å². The topological polar surface area (TPSA) is 0 Å². The Morgan fingerprint density at radius 1 is 1.23 bits per heavy atom. The third kappa shape index (κ3) is 2.21. The van der Waals surface area contributed by atoms with Crippen molar-refractivity contribution in [1.29, 1.82) is 0 Å². The molecule has 1 aliphatic rings. The molecule has 1 aromatic carbocycles. The number of allylic oxidation sites excluding steroid dienone is 1. The number of hydrogen-bond acceptors (Lipinski definition) is 0. The molecule has 0 amide bonds. The summed E-state index contributed by atoms with van der Waals surface area (Å²) in [6.45, 7) is 2.34. The van der Waals surface area contributed by atoms with Crippen molar-refractivity contribution in [3.05, 3.63) is 41.5 Å². The van der Waals surface area contributed by atoms with Gasteiger partial charge in [-0.2, -0.15) is 0 Å². The smallest absolute Gasteiger partial charge is 0.0257 e. The van der Waals surface area contributed by atoms with E-state index in [1.54, 1.807) is 5.57 Å². The van der Waals surface area contributed by atoms with Crippen LogP contribution in [-0.4, -0.2) is 0 Å². The number of rotatable bonds is 1. The van der Waals surface area contributed by atoms with Crippen LogP contribution in [0.5, 0.6) is 0 Å². The van der Waals surface area contributed by atoms with Gasteiger partial charge in [0.25, 0.3) is 0 Å². The minimum Gasteiger partial charge on any atom is -0.0693 e. The van der Waals surface area contributed by atoms with Crippen molar-refractivity contribution in [3.63, 3.8) is 0 Å². The van der Waals surface area contributed by atoms with Gasteiger partial charge in [0, 0.05) is 0 Å². The Kier molecular flexibility index (Phi) is 2.49. The Balaban J connectivity index is 2.13. The SMILES string of the molecule is CC1CCC(=Cc2ccccc2)C1. The zero-order valence-corrected chi connectivity index (χ0v) is 8.16. The summed E-state index contributed by atoms with van der Waals surface area (Å²) in [5, 5.41) is 0. The molecule has 1 aromatic rings. The Hall–Kier alpha value is -1.04. The number of benzene rings is 1. The molecule has 0 aromatic heterocycles. The first-order valence-electron chi connectivity index (χ1n) is 5.09. The molecular formula is C13H16. The molecule has 1 fully saturated rings. The Morgan fingerprint density at radius 2 is 2.00 bits per heavy atom. The average Bonchev–Trinajstić information content (AvgIpc) is 2.53. The van der Waals surface area contributed by atoms with Crippen LogP contribution in [0.15, 0.2) is 35.9 Å². The lowest BCUT2D eigenvalue weighted by Crippen LogP contribution is -1.80.